The number of nitrogens with zero attached hydrogens (tertiary/aromatic N) is 2. The van der Waals surface area contributed by atoms with Crippen molar-refractivity contribution in [3.05, 3.63) is 52.3 Å². The number of carbonyl (C=O) groups is 2. The van der Waals surface area contributed by atoms with Gasteiger partial charge in [-0.15, -0.1) is 10.2 Å². The van der Waals surface area contributed by atoms with Crippen molar-refractivity contribution in [1.29, 1.82) is 0 Å². The summed E-state index contributed by atoms with van der Waals surface area (Å²) in [7, 11) is 0. The average molecular weight is 415 g/mol. The quantitative estimate of drug-likeness (QED) is 0.413. The first-order chi connectivity index (χ1) is 13.3. The Kier molecular flexibility index (Phi) is 6.00. The molecule has 8 heteroatoms. The van der Waals surface area contributed by atoms with Gasteiger partial charge in [0.2, 0.25) is 5.13 Å². The molecule has 2 aromatic heterocycles. The summed E-state index contributed by atoms with van der Waals surface area (Å²) in [4.78, 5) is 27.8. The standard InChI is InChI=1S/C20H22N4O2S2/c1-10-8-6-7-9-15(10)22-19-23-24-20(28-19)27-14(5)18(26)17-11(2)16(13(4)25)12(3)21-17/h6-9,14,21H,1-5H3,(H,22,23)/t14-/m0/s1. The van der Waals surface area contributed by atoms with Crippen LogP contribution in [0.25, 0.3) is 0 Å². The highest BCUT2D eigenvalue weighted by atomic mass is 32.2. The number of aromatic nitrogens is 3. The van der Waals surface area contributed by atoms with Crippen molar-refractivity contribution in [3.8, 4) is 0 Å². The molecular weight excluding hydrogens is 392 g/mol. The number of anilines is 2. The number of H-pyrrole nitrogens is 1. The maximum atomic E-state index is 12.9. The number of rotatable bonds is 7. The molecule has 0 unspecified atom stereocenters. The van der Waals surface area contributed by atoms with E-state index in [9.17, 15) is 9.59 Å². The number of thioether (sulfide) groups is 1. The van der Waals surface area contributed by atoms with Crippen molar-refractivity contribution in [3.63, 3.8) is 0 Å². The van der Waals surface area contributed by atoms with Crippen LogP contribution in [0.4, 0.5) is 10.8 Å². The van der Waals surface area contributed by atoms with E-state index in [4.69, 9.17) is 0 Å². The zero-order valence-electron chi connectivity index (χ0n) is 16.4. The number of ketones is 2. The molecule has 3 aromatic rings. The van der Waals surface area contributed by atoms with Crippen molar-refractivity contribution in [2.24, 2.45) is 0 Å². The third-order valence-electron chi connectivity index (χ3n) is 4.48. The molecule has 0 saturated heterocycles. The monoisotopic (exact) mass is 414 g/mol. The maximum Gasteiger partial charge on any atom is 0.210 e. The molecule has 2 N–H and O–H groups in total. The minimum Gasteiger partial charge on any atom is -0.355 e. The minimum atomic E-state index is -0.351. The van der Waals surface area contributed by atoms with Crippen LogP contribution in [0.3, 0.4) is 0 Å². The summed E-state index contributed by atoms with van der Waals surface area (Å²) in [5.41, 5.74) is 4.63. The van der Waals surface area contributed by atoms with Gasteiger partial charge in [0.15, 0.2) is 15.9 Å². The van der Waals surface area contributed by atoms with E-state index in [1.165, 1.54) is 30.0 Å². The molecule has 0 amide bonds. The third kappa shape index (κ3) is 4.18. The van der Waals surface area contributed by atoms with Gasteiger partial charge in [-0.05, 0) is 51.8 Å². The van der Waals surface area contributed by atoms with Crippen LogP contribution >= 0.6 is 23.1 Å². The minimum absolute atomic E-state index is 0.0401. The Morgan fingerprint density at radius 1 is 1.18 bits per heavy atom. The molecule has 28 heavy (non-hydrogen) atoms. The summed E-state index contributed by atoms with van der Waals surface area (Å²) in [6.45, 7) is 8.99. The van der Waals surface area contributed by atoms with E-state index in [1.807, 2.05) is 45.0 Å². The van der Waals surface area contributed by atoms with Crippen molar-refractivity contribution in [2.75, 3.05) is 5.32 Å². The number of para-hydroxylation sites is 1. The summed E-state index contributed by atoms with van der Waals surface area (Å²) >= 11 is 2.77. The molecule has 0 aliphatic heterocycles. The lowest BCUT2D eigenvalue weighted by Crippen LogP contribution is -2.15. The van der Waals surface area contributed by atoms with Crippen molar-refractivity contribution in [1.82, 2.24) is 15.2 Å². The summed E-state index contributed by atoms with van der Waals surface area (Å²) < 4.78 is 0.713. The molecule has 0 aliphatic rings. The van der Waals surface area contributed by atoms with Gasteiger partial charge in [0.1, 0.15) is 0 Å². The van der Waals surface area contributed by atoms with Gasteiger partial charge in [-0.25, -0.2) is 0 Å². The van der Waals surface area contributed by atoms with Gasteiger partial charge in [-0.2, -0.15) is 0 Å². The van der Waals surface area contributed by atoms with Crippen LogP contribution in [0.5, 0.6) is 0 Å². The Labute approximate surface area is 172 Å². The molecule has 146 valence electrons. The summed E-state index contributed by atoms with van der Waals surface area (Å²) in [6.07, 6.45) is 0. The Morgan fingerprint density at radius 3 is 2.54 bits per heavy atom. The number of aryl methyl sites for hydroxylation is 2. The van der Waals surface area contributed by atoms with E-state index in [0.29, 0.717) is 26.3 Å². The second-order valence-corrected chi connectivity index (χ2v) is 9.18. The molecule has 0 fully saturated rings. The predicted molar refractivity (Wildman–Crippen MR) is 114 cm³/mol. The number of carbonyl (C=O) groups excluding carboxylic acids is 2. The van der Waals surface area contributed by atoms with E-state index in [2.05, 4.69) is 20.5 Å². The lowest BCUT2D eigenvalue weighted by atomic mass is 10.0. The second kappa shape index (κ2) is 8.28. The molecule has 6 nitrogen and oxygen atoms in total. The van der Waals surface area contributed by atoms with E-state index in [1.54, 1.807) is 6.92 Å². The van der Waals surface area contributed by atoms with Crippen molar-refractivity contribution >= 4 is 45.5 Å². The predicted octanol–water partition coefficient (Wildman–Crippen LogP) is 5.10. The van der Waals surface area contributed by atoms with Crippen molar-refractivity contribution in [2.45, 2.75) is 44.2 Å². The molecule has 1 atom stereocenters. The molecule has 2 heterocycles. The number of aromatic amines is 1. The highest BCUT2D eigenvalue weighted by Crippen LogP contribution is 2.33. The van der Waals surface area contributed by atoms with Gasteiger partial charge in [-0.1, -0.05) is 41.3 Å². The van der Waals surface area contributed by atoms with E-state index in [-0.39, 0.29) is 16.8 Å². The second-order valence-electron chi connectivity index (χ2n) is 6.62. The molecule has 0 aliphatic carbocycles. The van der Waals surface area contributed by atoms with Crippen LogP contribution < -0.4 is 5.32 Å². The smallest absolute Gasteiger partial charge is 0.210 e. The van der Waals surface area contributed by atoms with Crippen molar-refractivity contribution < 1.29 is 9.59 Å². The van der Waals surface area contributed by atoms with Crippen LogP contribution in [0.2, 0.25) is 0 Å². The zero-order valence-corrected chi connectivity index (χ0v) is 18.0. The van der Waals surface area contributed by atoms with Crippen LogP contribution in [-0.4, -0.2) is 32.0 Å². The van der Waals surface area contributed by atoms with Gasteiger partial charge >= 0.3 is 0 Å². The largest absolute Gasteiger partial charge is 0.355 e. The lowest BCUT2D eigenvalue weighted by molar-refractivity contribution is 0.0988. The number of nitrogens with one attached hydrogen (secondary N) is 2. The highest BCUT2D eigenvalue weighted by Gasteiger charge is 2.25. The maximum absolute atomic E-state index is 12.9. The van der Waals surface area contributed by atoms with Gasteiger partial charge in [0, 0.05) is 16.9 Å². The fraction of sp³-hybridized carbons (Fsp3) is 0.300. The summed E-state index contributed by atoms with van der Waals surface area (Å²) in [5.74, 6) is -0.0941. The Hall–Kier alpha value is -2.45. The van der Waals surface area contributed by atoms with Crippen LogP contribution in [-0.2, 0) is 0 Å². The summed E-state index contributed by atoms with van der Waals surface area (Å²) in [5, 5.41) is 11.9. The Morgan fingerprint density at radius 2 is 1.89 bits per heavy atom. The first-order valence-corrected chi connectivity index (χ1v) is 10.5. The van der Waals surface area contributed by atoms with Gasteiger partial charge in [-0.3, -0.25) is 9.59 Å². The SMILES string of the molecule is CC(=O)c1c(C)[nH]c(C(=O)[C@H](C)Sc2nnc(Nc3ccccc3C)s2)c1C. The van der Waals surface area contributed by atoms with Crippen LogP contribution in [0.1, 0.15) is 51.5 Å². The van der Waals surface area contributed by atoms with Crippen LogP contribution in [0, 0.1) is 20.8 Å². The topological polar surface area (TPSA) is 87.7 Å². The molecule has 1 aromatic carbocycles. The molecule has 0 spiro atoms. The van der Waals surface area contributed by atoms with Gasteiger partial charge < -0.3 is 10.3 Å². The van der Waals surface area contributed by atoms with Gasteiger partial charge in [0.25, 0.3) is 0 Å². The molecular formula is C20H22N4O2S2. The van der Waals surface area contributed by atoms with Gasteiger partial charge in [0.05, 0.1) is 10.9 Å². The zero-order chi connectivity index (χ0) is 20.4. The summed E-state index contributed by atoms with van der Waals surface area (Å²) in [6, 6.07) is 7.95. The normalized spacial score (nSPS) is 12.0. The molecule has 3 rings (SSSR count). The number of hydrogen-bond acceptors (Lipinski definition) is 7. The molecule has 0 saturated carbocycles. The number of hydrogen-bond donors (Lipinski definition) is 2. The third-order valence-corrected chi connectivity index (χ3v) is 6.50. The number of Topliss-reactive ketones (excluding diaryl/α,β-unsaturated/α-hetero) is 2. The first kappa shape index (κ1) is 20.3. The molecule has 0 bridgehead atoms. The van der Waals surface area contributed by atoms with E-state index < -0.39 is 0 Å². The fourth-order valence-corrected chi connectivity index (χ4v) is 5.04. The lowest BCUT2D eigenvalue weighted by Gasteiger charge is -2.07. The van der Waals surface area contributed by atoms with Crippen LogP contribution in [0.15, 0.2) is 28.6 Å². The Bertz CT molecular complexity index is 1040. The first-order valence-electron chi connectivity index (χ1n) is 8.85. The number of benzene rings is 1. The Balaban J connectivity index is 1.72. The van der Waals surface area contributed by atoms with E-state index >= 15 is 0 Å². The average Bonchev–Trinajstić information content (AvgIpc) is 3.19. The fourth-order valence-electron chi connectivity index (χ4n) is 3.07. The molecule has 0 radical (unpaired) electrons. The van der Waals surface area contributed by atoms with E-state index in [0.717, 1.165) is 16.9 Å². The highest BCUT2D eigenvalue weighted by molar-refractivity contribution is 8.02.